The lowest BCUT2D eigenvalue weighted by Gasteiger charge is -2.06. The SMILES string of the molecule is COc1cc(/C=C/C(=O)Nc2cnccc2CO)ccc1F. The van der Waals surface area contributed by atoms with Crippen LogP contribution in [-0.4, -0.2) is 23.1 Å². The van der Waals surface area contributed by atoms with Crippen LogP contribution < -0.4 is 10.1 Å². The zero-order chi connectivity index (χ0) is 15.9. The zero-order valence-electron chi connectivity index (χ0n) is 11.9. The summed E-state index contributed by atoms with van der Waals surface area (Å²) in [5, 5.41) is 11.8. The van der Waals surface area contributed by atoms with Crippen molar-refractivity contribution in [1.82, 2.24) is 4.98 Å². The van der Waals surface area contributed by atoms with Crippen molar-refractivity contribution in [3.05, 3.63) is 59.7 Å². The minimum absolute atomic E-state index is 0.109. The molecular formula is C16H15FN2O3. The molecule has 0 saturated carbocycles. The Bertz CT molecular complexity index is 702. The third kappa shape index (κ3) is 3.89. The maximum Gasteiger partial charge on any atom is 0.248 e. The van der Waals surface area contributed by atoms with Crippen molar-refractivity contribution in [3.63, 3.8) is 0 Å². The van der Waals surface area contributed by atoms with Gasteiger partial charge in [0.15, 0.2) is 11.6 Å². The maximum absolute atomic E-state index is 13.3. The smallest absolute Gasteiger partial charge is 0.248 e. The lowest BCUT2D eigenvalue weighted by Crippen LogP contribution is -2.10. The second-order valence-corrected chi connectivity index (χ2v) is 4.41. The van der Waals surface area contributed by atoms with Gasteiger partial charge in [0.25, 0.3) is 0 Å². The normalized spacial score (nSPS) is 10.7. The fraction of sp³-hybridized carbons (Fsp3) is 0.125. The van der Waals surface area contributed by atoms with Gasteiger partial charge in [-0.25, -0.2) is 4.39 Å². The number of pyridine rings is 1. The van der Waals surface area contributed by atoms with E-state index in [1.165, 1.54) is 49.9 Å². The van der Waals surface area contributed by atoms with Crippen molar-refractivity contribution >= 4 is 17.7 Å². The van der Waals surface area contributed by atoms with Gasteiger partial charge in [-0.2, -0.15) is 0 Å². The van der Waals surface area contributed by atoms with Crippen molar-refractivity contribution in [2.24, 2.45) is 0 Å². The summed E-state index contributed by atoms with van der Waals surface area (Å²) >= 11 is 0. The molecule has 22 heavy (non-hydrogen) atoms. The summed E-state index contributed by atoms with van der Waals surface area (Å²) in [6, 6.07) is 5.90. The number of aliphatic hydroxyl groups excluding tert-OH is 1. The number of methoxy groups -OCH3 is 1. The number of aromatic nitrogens is 1. The molecule has 0 unspecified atom stereocenters. The first-order valence-electron chi connectivity index (χ1n) is 6.50. The van der Waals surface area contributed by atoms with Crippen LogP contribution in [0.2, 0.25) is 0 Å². The van der Waals surface area contributed by atoms with Gasteiger partial charge in [-0.05, 0) is 29.8 Å². The molecule has 6 heteroatoms. The topological polar surface area (TPSA) is 71.5 Å². The largest absolute Gasteiger partial charge is 0.494 e. The van der Waals surface area contributed by atoms with Crippen LogP contribution in [-0.2, 0) is 11.4 Å². The van der Waals surface area contributed by atoms with Crippen molar-refractivity contribution in [2.45, 2.75) is 6.61 Å². The molecule has 1 heterocycles. The Labute approximate surface area is 127 Å². The Morgan fingerprint density at radius 2 is 2.27 bits per heavy atom. The molecule has 0 atom stereocenters. The highest BCUT2D eigenvalue weighted by atomic mass is 19.1. The Balaban J connectivity index is 2.08. The number of ether oxygens (including phenoxy) is 1. The predicted molar refractivity (Wildman–Crippen MR) is 80.8 cm³/mol. The molecule has 0 spiro atoms. The number of nitrogens with zero attached hydrogens (tertiary/aromatic N) is 1. The summed E-state index contributed by atoms with van der Waals surface area (Å²) in [6.07, 6.45) is 5.83. The van der Waals surface area contributed by atoms with Gasteiger partial charge in [0.05, 0.1) is 25.6 Å². The molecule has 2 N–H and O–H groups in total. The Morgan fingerprint density at radius 1 is 1.45 bits per heavy atom. The molecule has 0 aliphatic carbocycles. The molecule has 5 nitrogen and oxygen atoms in total. The predicted octanol–water partition coefficient (Wildman–Crippen LogP) is 2.37. The van der Waals surface area contributed by atoms with E-state index < -0.39 is 5.82 Å². The second-order valence-electron chi connectivity index (χ2n) is 4.41. The number of benzene rings is 1. The van der Waals surface area contributed by atoms with Gasteiger partial charge in [-0.3, -0.25) is 9.78 Å². The van der Waals surface area contributed by atoms with E-state index in [9.17, 15) is 14.3 Å². The molecule has 0 aliphatic rings. The molecule has 114 valence electrons. The van der Waals surface area contributed by atoms with Crippen molar-refractivity contribution < 1.29 is 19.0 Å². The van der Waals surface area contributed by atoms with E-state index in [0.29, 0.717) is 16.8 Å². The molecule has 2 aromatic rings. The molecule has 0 fully saturated rings. The third-order valence-electron chi connectivity index (χ3n) is 2.94. The van der Waals surface area contributed by atoms with Crippen LogP contribution in [0, 0.1) is 5.82 Å². The van der Waals surface area contributed by atoms with Crippen LogP contribution >= 0.6 is 0 Å². The van der Waals surface area contributed by atoms with Gasteiger partial charge in [0, 0.05) is 17.8 Å². The maximum atomic E-state index is 13.3. The summed E-state index contributed by atoms with van der Waals surface area (Å²) in [4.78, 5) is 15.8. The highest BCUT2D eigenvalue weighted by Gasteiger charge is 2.05. The van der Waals surface area contributed by atoms with Gasteiger partial charge in [-0.1, -0.05) is 6.07 Å². The van der Waals surface area contributed by atoms with E-state index in [-0.39, 0.29) is 18.3 Å². The van der Waals surface area contributed by atoms with E-state index in [1.807, 2.05) is 0 Å². The molecule has 1 aromatic carbocycles. The number of aliphatic hydroxyl groups is 1. The van der Waals surface area contributed by atoms with Crippen LogP contribution in [0.25, 0.3) is 6.08 Å². The van der Waals surface area contributed by atoms with Crippen LogP contribution in [0.15, 0.2) is 42.7 Å². The van der Waals surface area contributed by atoms with Crippen LogP contribution in [0.3, 0.4) is 0 Å². The molecule has 0 aliphatic heterocycles. The fourth-order valence-corrected chi connectivity index (χ4v) is 1.80. The summed E-state index contributed by atoms with van der Waals surface area (Å²) < 4.78 is 18.2. The number of carbonyl (C=O) groups excluding carboxylic acids is 1. The first-order valence-corrected chi connectivity index (χ1v) is 6.50. The highest BCUT2D eigenvalue weighted by Crippen LogP contribution is 2.19. The molecular weight excluding hydrogens is 287 g/mol. The third-order valence-corrected chi connectivity index (χ3v) is 2.94. The number of amides is 1. The Hall–Kier alpha value is -2.73. The lowest BCUT2D eigenvalue weighted by atomic mass is 10.2. The first-order chi connectivity index (χ1) is 10.6. The number of hydrogen-bond acceptors (Lipinski definition) is 4. The molecule has 0 bridgehead atoms. The van der Waals surface area contributed by atoms with Gasteiger partial charge < -0.3 is 15.2 Å². The average Bonchev–Trinajstić information content (AvgIpc) is 2.54. The van der Waals surface area contributed by atoms with E-state index >= 15 is 0 Å². The van der Waals surface area contributed by atoms with Crippen LogP contribution in [0.1, 0.15) is 11.1 Å². The number of carbonyl (C=O) groups is 1. The highest BCUT2D eigenvalue weighted by molar-refractivity contribution is 6.02. The summed E-state index contributed by atoms with van der Waals surface area (Å²) in [7, 11) is 1.37. The monoisotopic (exact) mass is 302 g/mol. The van der Waals surface area contributed by atoms with Crippen LogP contribution in [0.5, 0.6) is 5.75 Å². The van der Waals surface area contributed by atoms with Crippen molar-refractivity contribution in [3.8, 4) is 5.75 Å². The number of nitrogens with one attached hydrogen (secondary N) is 1. The number of rotatable bonds is 5. The first kappa shape index (κ1) is 15.7. The molecule has 1 aromatic heterocycles. The Morgan fingerprint density at radius 3 is 3.00 bits per heavy atom. The second kappa shape index (κ2) is 7.33. The molecule has 0 radical (unpaired) electrons. The van der Waals surface area contributed by atoms with Crippen molar-refractivity contribution in [1.29, 1.82) is 0 Å². The standard InChI is InChI=1S/C16H15FN2O3/c1-22-15-8-11(2-4-13(15)17)3-5-16(21)19-14-9-18-7-6-12(14)10-20/h2-9,20H,10H2,1H3,(H,19,21)/b5-3+. The number of halogens is 1. The van der Waals surface area contributed by atoms with E-state index in [0.717, 1.165) is 0 Å². The van der Waals surface area contributed by atoms with E-state index in [4.69, 9.17) is 4.74 Å². The van der Waals surface area contributed by atoms with Gasteiger partial charge in [0.2, 0.25) is 5.91 Å². The molecule has 1 amide bonds. The van der Waals surface area contributed by atoms with E-state index in [2.05, 4.69) is 10.3 Å². The minimum Gasteiger partial charge on any atom is -0.494 e. The van der Waals surface area contributed by atoms with Gasteiger partial charge in [0.1, 0.15) is 0 Å². The minimum atomic E-state index is -0.466. The average molecular weight is 302 g/mol. The molecule has 2 rings (SSSR count). The summed E-state index contributed by atoms with van der Waals surface area (Å²) in [5.74, 6) is -0.740. The zero-order valence-corrected chi connectivity index (χ0v) is 11.9. The fourth-order valence-electron chi connectivity index (χ4n) is 1.80. The van der Waals surface area contributed by atoms with Crippen molar-refractivity contribution in [2.75, 3.05) is 12.4 Å². The molecule has 0 saturated heterocycles. The van der Waals surface area contributed by atoms with E-state index in [1.54, 1.807) is 6.07 Å². The van der Waals surface area contributed by atoms with Gasteiger partial charge >= 0.3 is 0 Å². The lowest BCUT2D eigenvalue weighted by molar-refractivity contribution is -0.111. The Kier molecular flexibility index (Phi) is 5.21. The number of anilines is 1. The van der Waals surface area contributed by atoms with Gasteiger partial charge in [-0.15, -0.1) is 0 Å². The quantitative estimate of drug-likeness (QED) is 0.832. The number of hydrogen-bond donors (Lipinski definition) is 2. The summed E-state index contributed by atoms with van der Waals surface area (Å²) in [5.41, 5.74) is 1.64. The summed E-state index contributed by atoms with van der Waals surface area (Å²) in [6.45, 7) is -0.197. The van der Waals surface area contributed by atoms with Crippen LogP contribution in [0.4, 0.5) is 10.1 Å².